The molecule has 4 nitrogen and oxygen atoms in total. The number of pyridine rings is 1. The topological polar surface area (TPSA) is 54.4 Å². The van der Waals surface area contributed by atoms with Gasteiger partial charge in [0.1, 0.15) is 18.6 Å². The van der Waals surface area contributed by atoms with Gasteiger partial charge in [0.05, 0.1) is 5.69 Å². The lowest BCUT2D eigenvalue weighted by Gasteiger charge is -2.14. The largest absolute Gasteiger partial charge is 0.487 e. The Kier molecular flexibility index (Phi) is 3.58. The van der Waals surface area contributed by atoms with Crippen molar-refractivity contribution in [2.24, 2.45) is 0 Å². The van der Waals surface area contributed by atoms with Gasteiger partial charge >= 0.3 is 0 Å². The monoisotopic (exact) mass is 282 g/mol. The minimum absolute atomic E-state index is 0.385. The third-order valence-corrected chi connectivity index (χ3v) is 2.48. The highest BCUT2D eigenvalue weighted by atomic mass is 79.9. The van der Waals surface area contributed by atoms with Gasteiger partial charge in [0.15, 0.2) is 0 Å². The van der Waals surface area contributed by atoms with Gasteiger partial charge in [-0.2, -0.15) is 0 Å². The summed E-state index contributed by atoms with van der Waals surface area (Å²) in [7, 11) is 0. The number of aromatic nitrogens is 1. The first-order chi connectivity index (χ1) is 7.74. The van der Waals surface area contributed by atoms with Gasteiger partial charge in [-0.1, -0.05) is 0 Å². The number of allylic oxidation sites excluding steroid dienone is 1. The predicted octanol–water partition coefficient (Wildman–Crippen LogP) is 1.68. The lowest BCUT2D eigenvalue weighted by molar-refractivity contribution is 0.169. The molecule has 1 unspecified atom stereocenters. The van der Waals surface area contributed by atoms with Crippen LogP contribution in [0.25, 0.3) is 0 Å². The summed E-state index contributed by atoms with van der Waals surface area (Å²) < 4.78 is 6.41. The molecule has 1 atom stereocenters. The summed E-state index contributed by atoms with van der Waals surface area (Å²) >= 11 is 3.31. The third-order valence-electron chi connectivity index (χ3n) is 2.01. The molecule has 1 aliphatic rings. The molecular weight excluding hydrogens is 272 g/mol. The summed E-state index contributed by atoms with van der Waals surface area (Å²) in [5.74, 6) is 0.635. The molecule has 2 rings (SSSR count). The number of nitrogens with zero attached hydrogens (tertiary/aromatic N) is 1. The van der Waals surface area contributed by atoms with Crippen molar-refractivity contribution in [2.75, 3.05) is 0 Å². The molecule has 0 aliphatic carbocycles. The standard InChI is InChI=1S/C11H11BrN2O2/c12-8-1-2-9(14-6-8)7-16-10-3-4-13-11(15)5-10/h1-6,11,13,15H,7H2. The highest BCUT2D eigenvalue weighted by Crippen LogP contribution is 2.11. The van der Waals surface area contributed by atoms with Gasteiger partial charge in [-0.25, -0.2) is 0 Å². The molecule has 2 heterocycles. The van der Waals surface area contributed by atoms with Gasteiger partial charge in [-0.15, -0.1) is 0 Å². The Balaban J connectivity index is 1.92. The number of halogens is 1. The predicted molar refractivity (Wildman–Crippen MR) is 63.1 cm³/mol. The van der Waals surface area contributed by atoms with E-state index in [1.165, 1.54) is 0 Å². The number of hydrogen-bond donors (Lipinski definition) is 2. The van der Waals surface area contributed by atoms with Gasteiger partial charge in [0, 0.05) is 22.9 Å². The number of aliphatic hydroxyl groups excluding tert-OH is 1. The van der Waals surface area contributed by atoms with E-state index in [0.717, 1.165) is 10.2 Å². The second kappa shape index (κ2) is 5.14. The van der Waals surface area contributed by atoms with E-state index in [4.69, 9.17) is 4.74 Å². The molecule has 16 heavy (non-hydrogen) atoms. The van der Waals surface area contributed by atoms with Gasteiger partial charge in [0.2, 0.25) is 0 Å². The highest BCUT2D eigenvalue weighted by Gasteiger charge is 2.05. The molecule has 0 fully saturated rings. The summed E-state index contributed by atoms with van der Waals surface area (Å²) in [6, 6.07) is 3.79. The Morgan fingerprint density at radius 2 is 2.38 bits per heavy atom. The van der Waals surface area contributed by atoms with Gasteiger partial charge < -0.3 is 15.2 Å². The smallest absolute Gasteiger partial charge is 0.147 e. The molecule has 5 heteroatoms. The SMILES string of the molecule is OC1C=C(OCc2ccc(Br)cn2)C=CN1. The maximum Gasteiger partial charge on any atom is 0.147 e. The summed E-state index contributed by atoms with van der Waals surface area (Å²) in [5.41, 5.74) is 0.838. The fraction of sp³-hybridized carbons (Fsp3) is 0.182. The van der Waals surface area contributed by atoms with Crippen LogP contribution in [-0.2, 0) is 11.3 Å². The molecule has 0 aromatic carbocycles. The van der Waals surface area contributed by atoms with Crippen molar-refractivity contribution < 1.29 is 9.84 Å². The second-order valence-corrected chi connectivity index (χ2v) is 4.19. The van der Waals surface area contributed by atoms with Crippen LogP contribution in [0, 0.1) is 0 Å². The lowest BCUT2D eigenvalue weighted by atomic mass is 10.3. The van der Waals surface area contributed by atoms with Crippen molar-refractivity contribution in [1.29, 1.82) is 0 Å². The maximum absolute atomic E-state index is 9.27. The Bertz CT molecular complexity index is 414. The highest BCUT2D eigenvalue weighted by molar-refractivity contribution is 9.10. The third kappa shape index (κ3) is 3.08. The molecule has 0 amide bonds. The van der Waals surface area contributed by atoms with Crippen molar-refractivity contribution in [2.45, 2.75) is 12.8 Å². The Labute approximate surface area is 102 Å². The first kappa shape index (κ1) is 11.2. The van der Waals surface area contributed by atoms with Crippen molar-refractivity contribution >= 4 is 15.9 Å². The Hall–Kier alpha value is -1.33. The normalized spacial score (nSPS) is 18.9. The van der Waals surface area contributed by atoms with E-state index >= 15 is 0 Å². The average molecular weight is 283 g/mol. The summed E-state index contributed by atoms with van der Waals surface area (Å²) in [6.45, 7) is 0.385. The minimum Gasteiger partial charge on any atom is -0.487 e. The van der Waals surface area contributed by atoms with Crippen LogP contribution >= 0.6 is 15.9 Å². The summed E-state index contributed by atoms with van der Waals surface area (Å²) in [4.78, 5) is 4.18. The van der Waals surface area contributed by atoms with Crippen molar-refractivity contribution in [3.63, 3.8) is 0 Å². The molecule has 0 bridgehead atoms. The van der Waals surface area contributed by atoms with E-state index < -0.39 is 6.23 Å². The average Bonchev–Trinajstić information content (AvgIpc) is 2.28. The van der Waals surface area contributed by atoms with Crippen LogP contribution in [0.15, 0.2) is 46.9 Å². The number of dihydropyridines is 1. The number of nitrogens with one attached hydrogen (secondary N) is 1. The number of rotatable bonds is 3. The van der Waals surface area contributed by atoms with E-state index in [1.54, 1.807) is 24.5 Å². The quantitative estimate of drug-likeness (QED) is 0.886. The molecule has 2 N–H and O–H groups in total. The molecule has 1 aromatic rings. The first-order valence-corrected chi connectivity index (χ1v) is 5.59. The number of hydrogen-bond acceptors (Lipinski definition) is 4. The lowest BCUT2D eigenvalue weighted by Crippen LogP contribution is -2.24. The van der Waals surface area contributed by atoms with Crippen molar-refractivity contribution in [1.82, 2.24) is 10.3 Å². The van der Waals surface area contributed by atoms with Crippen LogP contribution in [-0.4, -0.2) is 16.3 Å². The van der Waals surface area contributed by atoms with E-state index in [9.17, 15) is 5.11 Å². The van der Waals surface area contributed by atoms with E-state index in [2.05, 4.69) is 26.2 Å². The van der Waals surface area contributed by atoms with Crippen molar-refractivity contribution in [3.05, 3.63) is 52.6 Å². The van der Waals surface area contributed by atoms with Crippen LogP contribution in [0.3, 0.4) is 0 Å². The first-order valence-electron chi connectivity index (χ1n) is 4.80. The van der Waals surface area contributed by atoms with Crippen molar-refractivity contribution in [3.8, 4) is 0 Å². The molecule has 0 spiro atoms. The van der Waals surface area contributed by atoms with Gasteiger partial charge in [0.25, 0.3) is 0 Å². The molecule has 0 saturated heterocycles. The zero-order valence-corrected chi connectivity index (χ0v) is 10.0. The van der Waals surface area contributed by atoms with Crippen LogP contribution in [0.4, 0.5) is 0 Å². The minimum atomic E-state index is -0.683. The molecule has 1 aromatic heterocycles. The number of ether oxygens (including phenoxy) is 1. The van der Waals surface area contributed by atoms with E-state index in [-0.39, 0.29) is 0 Å². The van der Waals surface area contributed by atoms with Crippen LogP contribution in [0.1, 0.15) is 5.69 Å². The summed E-state index contributed by atoms with van der Waals surface area (Å²) in [6.07, 6.45) is 6.04. The van der Waals surface area contributed by atoms with E-state index in [1.807, 2.05) is 12.1 Å². The summed E-state index contributed by atoms with van der Waals surface area (Å²) in [5, 5.41) is 12.0. The van der Waals surface area contributed by atoms with Crippen LogP contribution < -0.4 is 5.32 Å². The van der Waals surface area contributed by atoms with Gasteiger partial charge in [-0.3, -0.25) is 4.98 Å². The molecule has 1 aliphatic heterocycles. The van der Waals surface area contributed by atoms with Gasteiger partial charge in [-0.05, 0) is 34.1 Å². The number of aliphatic hydroxyl groups is 1. The van der Waals surface area contributed by atoms with Crippen LogP contribution in [0.5, 0.6) is 0 Å². The molecule has 84 valence electrons. The fourth-order valence-electron chi connectivity index (χ4n) is 1.23. The molecular formula is C11H11BrN2O2. The zero-order chi connectivity index (χ0) is 11.4. The van der Waals surface area contributed by atoms with E-state index in [0.29, 0.717) is 12.4 Å². The second-order valence-electron chi connectivity index (χ2n) is 3.27. The Morgan fingerprint density at radius 1 is 1.50 bits per heavy atom. The zero-order valence-electron chi connectivity index (χ0n) is 8.43. The molecule has 0 radical (unpaired) electrons. The fourth-order valence-corrected chi connectivity index (χ4v) is 1.47. The molecule has 0 saturated carbocycles. The van der Waals surface area contributed by atoms with Crippen LogP contribution in [0.2, 0.25) is 0 Å². The Morgan fingerprint density at radius 3 is 3.06 bits per heavy atom. The maximum atomic E-state index is 9.27.